The van der Waals surface area contributed by atoms with Crippen molar-refractivity contribution in [1.29, 1.82) is 0 Å². The smallest absolute Gasteiger partial charge is 0.333 e. The third-order valence-corrected chi connectivity index (χ3v) is 3.13. The number of hydrogen-bond acceptors (Lipinski definition) is 2. The molecular weight excluding hydrogens is 238 g/mol. The summed E-state index contributed by atoms with van der Waals surface area (Å²) < 4.78 is 5.97. The molecule has 0 atom stereocenters. The van der Waals surface area contributed by atoms with E-state index >= 15 is 0 Å². The molecule has 3 heteroatoms. The summed E-state index contributed by atoms with van der Waals surface area (Å²) in [5, 5.41) is 0. The molecule has 19 heavy (non-hydrogen) atoms. The zero-order valence-electron chi connectivity index (χ0n) is 12.2. The minimum absolute atomic E-state index is 0.303. The van der Waals surface area contributed by atoms with E-state index in [1.165, 1.54) is 5.56 Å². The first-order chi connectivity index (χ1) is 8.91. The van der Waals surface area contributed by atoms with Crippen LogP contribution in [0.5, 0.6) is 0 Å². The summed E-state index contributed by atoms with van der Waals surface area (Å²) in [4.78, 5) is 11.3. The minimum Gasteiger partial charge on any atom is -0.456 e. The molecule has 3 nitrogen and oxygen atoms in total. The van der Waals surface area contributed by atoms with Crippen LogP contribution in [0.4, 0.5) is 0 Å². The Balaban J connectivity index is 2.31. The Morgan fingerprint density at radius 2 is 1.84 bits per heavy atom. The molecule has 0 fully saturated rings. The van der Waals surface area contributed by atoms with Gasteiger partial charge in [-0.2, -0.15) is 0 Å². The van der Waals surface area contributed by atoms with Gasteiger partial charge in [0.25, 0.3) is 0 Å². The lowest BCUT2D eigenvalue weighted by Gasteiger charge is -2.29. The topological polar surface area (TPSA) is 26.3 Å². The average molecular weight is 262 g/mol. The molecule has 0 saturated heterocycles. The Hall–Kier alpha value is -1.61. The van der Waals surface area contributed by atoms with E-state index in [-0.39, 0.29) is 5.97 Å². The van der Waals surface area contributed by atoms with Gasteiger partial charge in [0.15, 0.2) is 0 Å². The number of rotatable bonds is 7. The van der Waals surface area contributed by atoms with Crippen molar-refractivity contribution in [2.24, 2.45) is 0 Å². The van der Waals surface area contributed by atoms with Crippen LogP contribution in [0.25, 0.3) is 0 Å². The van der Waals surface area contributed by atoms with Crippen molar-refractivity contribution in [3.8, 4) is 0 Å². The number of esters is 1. The molecule has 0 heterocycles. The first-order valence-corrected chi connectivity index (χ1v) is 6.59. The predicted molar refractivity (Wildman–Crippen MR) is 77.8 cm³/mol. The second kappa shape index (κ2) is 7.10. The molecule has 0 aliphatic heterocycles. The molecule has 0 aromatic heterocycles. The number of hydrogen-bond donors (Lipinski definition) is 0. The van der Waals surface area contributed by atoms with E-state index in [1.807, 2.05) is 6.07 Å². The maximum Gasteiger partial charge on any atom is 0.333 e. The van der Waals surface area contributed by atoms with Crippen LogP contribution in [0.3, 0.4) is 0 Å². The van der Waals surface area contributed by atoms with Crippen molar-refractivity contribution < 1.29 is 14.0 Å². The van der Waals surface area contributed by atoms with E-state index in [1.54, 1.807) is 6.92 Å². The zero-order chi connectivity index (χ0) is 14.3. The molecular formula is C16H24NO2+. The number of nitrogens with zero attached hydrogens (tertiary/aromatic N) is 1. The maximum atomic E-state index is 11.3. The normalized spacial score (nSPS) is 11.1. The van der Waals surface area contributed by atoms with Gasteiger partial charge >= 0.3 is 5.97 Å². The fourth-order valence-corrected chi connectivity index (χ4v) is 1.70. The lowest BCUT2D eigenvalue weighted by atomic mass is 10.1. The second-order valence-corrected chi connectivity index (χ2v) is 5.53. The Kier molecular flexibility index (Phi) is 5.77. The first kappa shape index (κ1) is 15.4. The van der Waals surface area contributed by atoms with Crippen molar-refractivity contribution in [3.05, 3.63) is 48.0 Å². The van der Waals surface area contributed by atoms with Gasteiger partial charge in [0, 0.05) is 12.0 Å². The van der Waals surface area contributed by atoms with Crippen molar-refractivity contribution in [2.75, 3.05) is 33.8 Å². The van der Waals surface area contributed by atoms with Gasteiger partial charge in [-0.25, -0.2) is 4.79 Å². The molecule has 0 N–H and O–H groups in total. The summed E-state index contributed by atoms with van der Waals surface area (Å²) in [6.07, 6.45) is 1.03. The second-order valence-electron chi connectivity index (χ2n) is 5.53. The standard InChI is InChI=1S/C16H24NO2/c1-14(2)16(18)19-13-12-17(3,4)11-10-15-8-6-5-7-9-15/h5-9H,1,10-13H2,2-4H3/q+1. The summed E-state index contributed by atoms with van der Waals surface area (Å²) in [6.45, 7) is 7.50. The van der Waals surface area contributed by atoms with E-state index in [9.17, 15) is 4.79 Å². The SMILES string of the molecule is C=C(C)C(=O)OCC[N+](C)(C)CCc1ccccc1. The van der Waals surface area contributed by atoms with Gasteiger partial charge in [0.2, 0.25) is 0 Å². The highest BCUT2D eigenvalue weighted by molar-refractivity contribution is 5.86. The van der Waals surface area contributed by atoms with Gasteiger partial charge in [-0.3, -0.25) is 0 Å². The summed E-state index contributed by atoms with van der Waals surface area (Å²) in [6, 6.07) is 10.4. The average Bonchev–Trinajstić information content (AvgIpc) is 2.37. The number of quaternary nitrogens is 1. The fourth-order valence-electron chi connectivity index (χ4n) is 1.70. The third-order valence-electron chi connectivity index (χ3n) is 3.13. The first-order valence-electron chi connectivity index (χ1n) is 6.59. The third kappa shape index (κ3) is 6.20. The highest BCUT2D eigenvalue weighted by Gasteiger charge is 2.16. The summed E-state index contributed by atoms with van der Waals surface area (Å²) in [5.41, 5.74) is 1.79. The number of likely N-dealkylation sites (N-methyl/N-ethyl adjacent to an activating group) is 1. The zero-order valence-corrected chi connectivity index (χ0v) is 12.2. The Morgan fingerprint density at radius 3 is 2.42 bits per heavy atom. The van der Waals surface area contributed by atoms with E-state index in [2.05, 4.69) is 44.9 Å². The van der Waals surface area contributed by atoms with Gasteiger partial charge in [0.1, 0.15) is 13.2 Å². The molecule has 0 unspecified atom stereocenters. The molecule has 0 aliphatic rings. The fraction of sp³-hybridized carbons (Fsp3) is 0.438. The molecule has 0 aliphatic carbocycles. The van der Waals surface area contributed by atoms with E-state index in [4.69, 9.17) is 4.74 Å². The molecule has 1 rings (SSSR count). The van der Waals surface area contributed by atoms with Gasteiger partial charge in [-0.05, 0) is 12.5 Å². The summed E-state index contributed by atoms with van der Waals surface area (Å²) >= 11 is 0. The molecule has 1 aromatic rings. The highest BCUT2D eigenvalue weighted by Crippen LogP contribution is 2.05. The highest BCUT2D eigenvalue weighted by atomic mass is 16.5. The van der Waals surface area contributed by atoms with E-state index in [0.29, 0.717) is 12.2 Å². The Bertz CT molecular complexity index is 424. The maximum absolute atomic E-state index is 11.3. The number of benzene rings is 1. The van der Waals surface area contributed by atoms with Gasteiger partial charge in [-0.1, -0.05) is 36.9 Å². The van der Waals surface area contributed by atoms with Crippen LogP contribution in [-0.2, 0) is 16.0 Å². The largest absolute Gasteiger partial charge is 0.456 e. The molecule has 0 bridgehead atoms. The lowest BCUT2D eigenvalue weighted by molar-refractivity contribution is -0.890. The van der Waals surface area contributed by atoms with Crippen LogP contribution in [0, 0.1) is 0 Å². The minimum atomic E-state index is -0.303. The Labute approximate surface area is 116 Å². The summed E-state index contributed by atoms with van der Waals surface area (Å²) in [7, 11) is 4.30. The van der Waals surface area contributed by atoms with Crippen LogP contribution in [0.2, 0.25) is 0 Å². The van der Waals surface area contributed by atoms with Crippen LogP contribution in [0.15, 0.2) is 42.5 Å². The molecule has 0 radical (unpaired) electrons. The van der Waals surface area contributed by atoms with Crippen LogP contribution >= 0.6 is 0 Å². The molecule has 1 aromatic carbocycles. The monoisotopic (exact) mass is 262 g/mol. The van der Waals surface area contributed by atoms with Crippen LogP contribution in [0.1, 0.15) is 12.5 Å². The van der Waals surface area contributed by atoms with Crippen molar-refractivity contribution in [1.82, 2.24) is 0 Å². The number of ether oxygens (including phenoxy) is 1. The van der Waals surface area contributed by atoms with Crippen molar-refractivity contribution in [3.63, 3.8) is 0 Å². The molecule has 0 spiro atoms. The molecule has 104 valence electrons. The van der Waals surface area contributed by atoms with Gasteiger partial charge in [0.05, 0.1) is 20.6 Å². The summed E-state index contributed by atoms with van der Waals surface area (Å²) in [5.74, 6) is -0.303. The molecule has 0 amide bonds. The number of carbonyl (C=O) groups is 1. The van der Waals surface area contributed by atoms with Gasteiger partial charge < -0.3 is 9.22 Å². The predicted octanol–water partition coefficient (Wildman–Crippen LogP) is 2.42. The van der Waals surface area contributed by atoms with Crippen molar-refractivity contribution in [2.45, 2.75) is 13.3 Å². The quantitative estimate of drug-likeness (QED) is 0.428. The number of carbonyl (C=O) groups excluding carboxylic acids is 1. The molecule has 0 saturated carbocycles. The van der Waals surface area contributed by atoms with Crippen LogP contribution in [-0.4, -0.2) is 44.2 Å². The van der Waals surface area contributed by atoms with Crippen LogP contribution < -0.4 is 0 Å². The van der Waals surface area contributed by atoms with E-state index in [0.717, 1.165) is 24.0 Å². The van der Waals surface area contributed by atoms with E-state index < -0.39 is 0 Å². The van der Waals surface area contributed by atoms with Gasteiger partial charge in [-0.15, -0.1) is 0 Å². The van der Waals surface area contributed by atoms with Crippen molar-refractivity contribution >= 4 is 5.97 Å². The lowest BCUT2D eigenvalue weighted by Crippen LogP contribution is -2.44. The Morgan fingerprint density at radius 1 is 1.21 bits per heavy atom.